The van der Waals surface area contributed by atoms with E-state index in [2.05, 4.69) is 5.32 Å². The Balaban J connectivity index is 2.29. The minimum Gasteiger partial charge on any atom is -0.370 e. The van der Waals surface area contributed by atoms with Gasteiger partial charge in [0.1, 0.15) is 6.61 Å². The number of carbonyl (C=O) groups excluding carboxylic acids is 3. The lowest BCUT2D eigenvalue weighted by atomic mass is 10.1. The Labute approximate surface area is 174 Å². The first kappa shape index (κ1) is 24.5. The number of alkyl halides is 5. The van der Waals surface area contributed by atoms with Crippen LogP contribution < -0.4 is 16.0 Å². The zero-order valence-electron chi connectivity index (χ0n) is 16.4. The predicted molar refractivity (Wildman–Crippen MR) is 99.5 cm³/mol. The number of likely N-dealkylation sites (N-methyl/N-ethyl adjacent to an activating group) is 1. The summed E-state index contributed by atoms with van der Waals surface area (Å²) in [6.45, 7) is -0.645. The van der Waals surface area contributed by atoms with E-state index in [1.165, 1.54) is 19.1 Å². The number of nitrogens with zero attached hydrogens (tertiary/aromatic N) is 2. The number of ether oxygens (including phenoxy) is 1. The van der Waals surface area contributed by atoms with Gasteiger partial charge in [0.15, 0.2) is 6.04 Å². The molecule has 31 heavy (non-hydrogen) atoms. The van der Waals surface area contributed by atoms with Crippen molar-refractivity contribution >= 4 is 29.1 Å². The average Bonchev–Trinajstić information content (AvgIpc) is 2.66. The minimum atomic E-state index is -4.70. The van der Waals surface area contributed by atoms with Crippen LogP contribution in [-0.4, -0.2) is 67.7 Å². The summed E-state index contributed by atoms with van der Waals surface area (Å²) in [4.78, 5) is 37.7. The summed E-state index contributed by atoms with van der Waals surface area (Å²) in [7, 11) is 0. The number of carbonyl (C=O) groups is 3. The van der Waals surface area contributed by atoms with Crippen molar-refractivity contribution in [2.45, 2.75) is 25.6 Å². The molecule has 1 fully saturated rings. The Hall–Kier alpha value is -2.80. The van der Waals surface area contributed by atoms with Crippen LogP contribution in [0.15, 0.2) is 18.2 Å². The van der Waals surface area contributed by atoms with Crippen LogP contribution in [0.4, 0.5) is 33.3 Å². The van der Waals surface area contributed by atoms with Gasteiger partial charge in [0, 0.05) is 17.8 Å². The van der Waals surface area contributed by atoms with Crippen molar-refractivity contribution < 1.29 is 41.1 Å². The lowest BCUT2D eigenvalue weighted by molar-refractivity contribution is -0.156. The van der Waals surface area contributed by atoms with E-state index in [0.717, 1.165) is 11.0 Å². The maximum absolute atomic E-state index is 13.6. The molecule has 0 saturated carbocycles. The number of nitrogens with one attached hydrogen (secondary N) is 1. The quantitative estimate of drug-likeness (QED) is 0.461. The highest BCUT2D eigenvalue weighted by Crippen LogP contribution is 2.33. The van der Waals surface area contributed by atoms with Crippen molar-refractivity contribution in [3.63, 3.8) is 0 Å². The first-order valence-electron chi connectivity index (χ1n) is 9.15. The van der Waals surface area contributed by atoms with Crippen LogP contribution in [0.25, 0.3) is 0 Å². The van der Waals surface area contributed by atoms with E-state index in [0.29, 0.717) is 4.90 Å². The van der Waals surface area contributed by atoms with Crippen molar-refractivity contribution in [2.24, 2.45) is 5.73 Å². The third-order valence-electron chi connectivity index (χ3n) is 4.48. The number of anilines is 2. The van der Waals surface area contributed by atoms with Crippen molar-refractivity contribution in [3.8, 4) is 0 Å². The van der Waals surface area contributed by atoms with Crippen LogP contribution in [0, 0.1) is 0 Å². The molecule has 1 aliphatic rings. The molecule has 0 radical (unpaired) electrons. The smallest absolute Gasteiger partial charge is 0.370 e. The van der Waals surface area contributed by atoms with Gasteiger partial charge in [-0.3, -0.25) is 19.3 Å². The lowest BCUT2D eigenvalue weighted by Crippen LogP contribution is -2.54. The molecule has 1 aliphatic heterocycles. The molecule has 8 nitrogen and oxygen atoms in total. The fraction of sp³-hybridized carbons (Fsp3) is 0.500. The van der Waals surface area contributed by atoms with Gasteiger partial charge in [0.25, 0.3) is 18.2 Å². The third kappa shape index (κ3) is 6.34. The van der Waals surface area contributed by atoms with Crippen LogP contribution in [0.2, 0.25) is 0 Å². The maximum Gasteiger partial charge on any atom is 0.401 e. The molecule has 0 unspecified atom stereocenters. The summed E-state index contributed by atoms with van der Waals surface area (Å²) in [5.74, 6) is -3.05. The SMILES string of the molecule is CCN(CC(F)(F)F)[C@H](C(N)=O)C(=O)Nc1ccc(N2CCOCC2=O)c(C(F)F)c1. The number of nitrogens with two attached hydrogens (primary N) is 1. The Morgan fingerprint density at radius 3 is 2.52 bits per heavy atom. The molecule has 3 amide bonds. The zero-order valence-corrected chi connectivity index (χ0v) is 16.4. The summed E-state index contributed by atoms with van der Waals surface area (Å²) in [6.07, 6.45) is -7.72. The number of primary amides is 1. The molecular weight excluding hydrogens is 431 g/mol. The third-order valence-corrected chi connectivity index (χ3v) is 4.48. The highest BCUT2D eigenvalue weighted by Gasteiger charge is 2.38. The molecule has 0 bridgehead atoms. The Morgan fingerprint density at radius 2 is 2.00 bits per heavy atom. The van der Waals surface area contributed by atoms with Gasteiger partial charge in [-0.2, -0.15) is 13.2 Å². The Morgan fingerprint density at radius 1 is 1.32 bits per heavy atom. The lowest BCUT2D eigenvalue weighted by Gasteiger charge is -2.29. The van der Waals surface area contributed by atoms with Gasteiger partial charge in [-0.05, 0) is 24.7 Å². The highest BCUT2D eigenvalue weighted by molar-refractivity contribution is 6.09. The predicted octanol–water partition coefficient (Wildman–Crippen LogP) is 1.66. The van der Waals surface area contributed by atoms with Gasteiger partial charge >= 0.3 is 6.18 Å². The van der Waals surface area contributed by atoms with Crippen LogP contribution in [0.3, 0.4) is 0 Å². The molecule has 0 aliphatic carbocycles. The van der Waals surface area contributed by atoms with Crippen molar-refractivity contribution in [3.05, 3.63) is 23.8 Å². The van der Waals surface area contributed by atoms with Gasteiger partial charge in [-0.15, -0.1) is 0 Å². The molecule has 1 atom stereocenters. The van der Waals surface area contributed by atoms with Gasteiger partial charge in [-0.25, -0.2) is 8.78 Å². The fourth-order valence-corrected chi connectivity index (χ4v) is 3.13. The summed E-state index contributed by atoms with van der Waals surface area (Å²) in [5, 5.41) is 2.15. The van der Waals surface area contributed by atoms with Crippen molar-refractivity contribution in [1.29, 1.82) is 0 Å². The molecular formula is C18H21F5N4O4. The summed E-state index contributed by atoms with van der Waals surface area (Å²) < 4.78 is 70.4. The monoisotopic (exact) mass is 452 g/mol. The minimum absolute atomic E-state index is 0.0525. The van der Waals surface area contributed by atoms with Gasteiger partial charge in [0.2, 0.25) is 5.91 Å². The van der Waals surface area contributed by atoms with Crippen molar-refractivity contribution in [2.75, 3.05) is 43.1 Å². The van der Waals surface area contributed by atoms with Crippen LogP contribution in [0.1, 0.15) is 18.9 Å². The number of benzene rings is 1. The molecule has 0 spiro atoms. The second-order valence-corrected chi connectivity index (χ2v) is 6.64. The first-order chi connectivity index (χ1) is 14.4. The van der Waals surface area contributed by atoms with Gasteiger partial charge in [-0.1, -0.05) is 6.92 Å². The van der Waals surface area contributed by atoms with Crippen LogP contribution in [0.5, 0.6) is 0 Å². The number of morpholine rings is 1. The molecule has 3 N–H and O–H groups in total. The van der Waals surface area contributed by atoms with Gasteiger partial charge in [0.05, 0.1) is 18.8 Å². The molecule has 0 aromatic heterocycles. The Bertz CT molecular complexity index is 834. The largest absolute Gasteiger partial charge is 0.401 e. The summed E-state index contributed by atoms with van der Waals surface area (Å²) in [6, 6.07) is 1.29. The summed E-state index contributed by atoms with van der Waals surface area (Å²) in [5.41, 5.74) is 4.26. The normalized spacial score (nSPS) is 16.0. The van der Waals surface area contributed by atoms with E-state index in [9.17, 15) is 36.3 Å². The fourth-order valence-electron chi connectivity index (χ4n) is 3.13. The molecule has 2 rings (SSSR count). The van der Waals surface area contributed by atoms with E-state index in [1.54, 1.807) is 0 Å². The van der Waals surface area contributed by atoms with Crippen LogP contribution >= 0.6 is 0 Å². The van der Waals surface area contributed by atoms with Gasteiger partial charge < -0.3 is 20.7 Å². The number of rotatable bonds is 8. The van der Waals surface area contributed by atoms with Crippen molar-refractivity contribution in [1.82, 2.24) is 4.90 Å². The zero-order chi connectivity index (χ0) is 23.3. The molecule has 1 heterocycles. The summed E-state index contributed by atoms with van der Waals surface area (Å²) >= 11 is 0. The average molecular weight is 452 g/mol. The number of hydrogen-bond donors (Lipinski definition) is 2. The van der Waals surface area contributed by atoms with E-state index in [-0.39, 0.29) is 37.7 Å². The number of amides is 3. The molecule has 1 saturated heterocycles. The molecule has 1 aromatic carbocycles. The highest BCUT2D eigenvalue weighted by atomic mass is 19.4. The van der Waals surface area contributed by atoms with E-state index >= 15 is 0 Å². The van der Waals surface area contributed by atoms with E-state index < -0.39 is 48.5 Å². The molecule has 172 valence electrons. The number of hydrogen-bond acceptors (Lipinski definition) is 5. The topological polar surface area (TPSA) is 105 Å². The second-order valence-electron chi connectivity index (χ2n) is 6.64. The molecule has 1 aromatic rings. The maximum atomic E-state index is 13.6. The van der Waals surface area contributed by atoms with E-state index in [4.69, 9.17) is 10.5 Å². The second kappa shape index (κ2) is 10.0. The molecule has 13 heteroatoms. The standard InChI is InChI=1S/C18H21F5N4O4/c1-2-26(9-18(21,22)23)14(16(24)29)17(30)25-10-3-4-12(11(7-10)15(19)20)27-5-6-31-8-13(27)28/h3-4,7,14-15H,2,5-6,8-9H2,1H3,(H2,24,29)(H,25,30)/t14-/m1/s1. The first-order valence-corrected chi connectivity index (χ1v) is 9.15. The Kier molecular flexibility index (Phi) is 7.90. The van der Waals surface area contributed by atoms with E-state index in [1.807, 2.05) is 0 Å². The van der Waals surface area contributed by atoms with Crippen LogP contribution in [-0.2, 0) is 19.1 Å². The number of halogens is 5.